The van der Waals surface area contributed by atoms with Crippen LogP contribution in [0.3, 0.4) is 0 Å². The summed E-state index contributed by atoms with van der Waals surface area (Å²) >= 11 is 1.63. The number of rotatable bonds is 4. The Morgan fingerprint density at radius 2 is 2.26 bits per heavy atom. The number of nitrogens with two attached hydrogens (primary N) is 1. The minimum atomic E-state index is -0.0324. The maximum absolute atomic E-state index is 12.3. The summed E-state index contributed by atoms with van der Waals surface area (Å²) in [6, 6.07) is 5.46. The summed E-state index contributed by atoms with van der Waals surface area (Å²) in [5.74, 6) is 0.363. The average Bonchev–Trinajstić information content (AvgIpc) is 2.89. The molecule has 4 nitrogen and oxygen atoms in total. The number of aryl methyl sites for hydroxylation is 1. The molecule has 0 aromatic carbocycles. The van der Waals surface area contributed by atoms with Gasteiger partial charge in [-0.15, -0.1) is 0 Å². The average molecular weight is 275 g/mol. The van der Waals surface area contributed by atoms with Gasteiger partial charge in [0.1, 0.15) is 5.82 Å². The van der Waals surface area contributed by atoms with Gasteiger partial charge in [0.25, 0.3) is 5.91 Å². The van der Waals surface area contributed by atoms with Crippen molar-refractivity contribution in [3.8, 4) is 0 Å². The van der Waals surface area contributed by atoms with Crippen LogP contribution in [0.25, 0.3) is 0 Å². The number of hydrogen-bond acceptors (Lipinski definition) is 4. The molecule has 2 aromatic heterocycles. The van der Waals surface area contributed by atoms with Crippen LogP contribution < -0.4 is 5.73 Å². The lowest BCUT2D eigenvalue weighted by molar-refractivity contribution is 0.0785. The van der Waals surface area contributed by atoms with Crippen LogP contribution in [0.1, 0.15) is 28.5 Å². The summed E-state index contributed by atoms with van der Waals surface area (Å²) in [5.41, 5.74) is 8.31. The van der Waals surface area contributed by atoms with E-state index in [1.807, 2.05) is 29.8 Å². The van der Waals surface area contributed by atoms with Crippen LogP contribution >= 0.6 is 11.3 Å². The Kier molecular flexibility index (Phi) is 4.16. The molecular weight excluding hydrogens is 258 g/mol. The number of carbonyl (C=O) groups is 1. The van der Waals surface area contributed by atoms with Gasteiger partial charge in [-0.05, 0) is 40.9 Å². The first kappa shape index (κ1) is 13.5. The third kappa shape index (κ3) is 3.32. The Bertz CT molecular complexity index is 566. The number of carbonyl (C=O) groups excluding carboxylic acids is 1. The fraction of sp³-hybridized carbons (Fsp3) is 0.286. The molecule has 19 heavy (non-hydrogen) atoms. The molecule has 0 spiro atoms. The molecule has 100 valence electrons. The van der Waals surface area contributed by atoms with Gasteiger partial charge in [0.15, 0.2) is 0 Å². The second-order valence-corrected chi connectivity index (χ2v) is 5.20. The highest BCUT2D eigenvalue weighted by molar-refractivity contribution is 7.07. The third-order valence-electron chi connectivity index (χ3n) is 2.85. The van der Waals surface area contributed by atoms with Gasteiger partial charge in [-0.25, -0.2) is 4.98 Å². The highest BCUT2D eigenvalue weighted by Crippen LogP contribution is 2.14. The maximum Gasteiger partial charge on any atom is 0.254 e. The van der Waals surface area contributed by atoms with Crippen LogP contribution in [0.4, 0.5) is 5.82 Å². The number of pyridine rings is 1. The van der Waals surface area contributed by atoms with Crippen molar-refractivity contribution in [3.63, 3.8) is 0 Å². The van der Waals surface area contributed by atoms with E-state index >= 15 is 0 Å². The molecule has 0 fully saturated rings. The molecule has 0 unspecified atom stereocenters. The van der Waals surface area contributed by atoms with Crippen LogP contribution in [-0.4, -0.2) is 22.8 Å². The summed E-state index contributed by atoms with van der Waals surface area (Å²) < 4.78 is 0. The van der Waals surface area contributed by atoms with E-state index in [1.54, 1.807) is 29.4 Å². The zero-order chi connectivity index (χ0) is 13.8. The number of thiophene rings is 1. The lowest BCUT2D eigenvalue weighted by atomic mass is 10.1. The highest BCUT2D eigenvalue weighted by Gasteiger charge is 2.14. The SMILES string of the molecule is CCc1cc(C(=O)N(C)Cc2ccsc2)cc(N)n1. The van der Waals surface area contributed by atoms with Crippen LogP contribution in [0, 0.1) is 0 Å². The molecule has 2 heterocycles. The minimum absolute atomic E-state index is 0.0324. The Morgan fingerprint density at radius 1 is 1.47 bits per heavy atom. The third-order valence-corrected chi connectivity index (χ3v) is 3.59. The second kappa shape index (κ2) is 5.84. The number of hydrogen-bond donors (Lipinski definition) is 1. The van der Waals surface area contributed by atoms with Gasteiger partial charge >= 0.3 is 0 Å². The highest BCUT2D eigenvalue weighted by atomic mass is 32.1. The Hall–Kier alpha value is -1.88. The predicted octanol–water partition coefficient (Wildman–Crippen LogP) is 2.56. The van der Waals surface area contributed by atoms with Crippen molar-refractivity contribution in [2.24, 2.45) is 0 Å². The monoisotopic (exact) mass is 275 g/mol. The van der Waals surface area contributed by atoms with Gasteiger partial charge in [-0.1, -0.05) is 6.92 Å². The Morgan fingerprint density at radius 3 is 2.89 bits per heavy atom. The van der Waals surface area contributed by atoms with E-state index in [2.05, 4.69) is 4.98 Å². The van der Waals surface area contributed by atoms with Gasteiger partial charge in [0, 0.05) is 24.8 Å². The van der Waals surface area contributed by atoms with E-state index in [-0.39, 0.29) is 5.91 Å². The van der Waals surface area contributed by atoms with Crippen molar-refractivity contribution in [2.45, 2.75) is 19.9 Å². The standard InChI is InChI=1S/C14H17N3OS/c1-3-12-6-11(7-13(15)16-12)14(18)17(2)8-10-4-5-19-9-10/h4-7,9H,3,8H2,1-2H3,(H2,15,16). The molecule has 0 aliphatic carbocycles. The number of amides is 1. The maximum atomic E-state index is 12.3. The molecule has 2 rings (SSSR count). The van der Waals surface area contributed by atoms with Crippen molar-refractivity contribution in [1.29, 1.82) is 0 Å². The molecule has 0 bridgehead atoms. The summed E-state index contributed by atoms with van der Waals surface area (Å²) in [7, 11) is 1.79. The van der Waals surface area contributed by atoms with E-state index < -0.39 is 0 Å². The van der Waals surface area contributed by atoms with Crippen molar-refractivity contribution >= 4 is 23.1 Å². The summed E-state index contributed by atoms with van der Waals surface area (Å²) in [6.07, 6.45) is 0.763. The van der Waals surface area contributed by atoms with Gasteiger partial charge in [0.05, 0.1) is 0 Å². The molecule has 0 aliphatic rings. The minimum Gasteiger partial charge on any atom is -0.384 e. The van der Waals surface area contributed by atoms with Crippen molar-refractivity contribution < 1.29 is 4.79 Å². The smallest absolute Gasteiger partial charge is 0.254 e. The molecule has 0 atom stereocenters. The lowest BCUT2D eigenvalue weighted by Crippen LogP contribution is -2.26. The molecular formula is C14H17N3OS. The molecule has 0 radical (unpaired) electrons. The first-order valence-corrected chi connectivity index (χ1v) is 7.07. The normalized spacial score (nSPS) is 10.4. The van der Waals surface area contributed by atoms with E-state index in [0.29, 0.717) is 17.9 Å². The molecule has 2 aromatic rings. The largest absolute Gasteiger partial charge is 0.384 e. The first-order chi connectivity index (χ1) is 9.10. The molecule has 0 saturated heterocycles. The fourth-order valence-electron chi connectivity index (χ4n) is 1.86. The predicted molar refractivity (Wildman–Crippen MR) is 78.1 cm³/mol. The van der Waals surface area contributed by atoms with Crippen LogP contribution in [-0.2, 0) is 13.0 Å². The van der Waals surface area contributed by atoms with Gasteiger partial charge in [-0.2, -0.15) is 11.3 Å². The summed E-state index contributed by atoms with van der Waals surface area (Å²) in [5, 5.41) is 4.05. The van der Waals surface area contributed by atoms with Crippen LogP contribution in [0.5, 0.6) is 0 Å². The number of nitrogen functional groups attached to an aromatic ring is 1. The van der Waals surface area contributed by atoms with Crippen molar-refractivity contribution in [1.82, 2.24) is 9.88 Å². The molecule has 0 aliphatic heterocycles. The first-order valence-electron chi connectivity index (χ1n) is 6.13. The molecule has 5 heteroatoms. The summed E-state index contributed by atoms with van der Waals surface area (Å²) in [4.78, 5) is 18.2. The van der Waals surface area contributed by atoms with E-state index in [0.717, 1.165) is 17.7 Å². The molecule has 1 amide bonds. The van der Waals surface area contributed by atoms with E-state index in [9.17, 15) is 4.79 Å². The fourth-order valence-corrected chi connectivity index (χ4v) is 2.52. The Labute approximate surface area is 116 Å². The number of nitrogens with zero attached hydrogens (tertiary/aromatic N) is 2. The lowest BCUT2D eigenvalue weighted by Gasteiger charge is -2.17. The number of aromatic nitrogens is 1. The number of anilines is 1. The van der Waals surface area contributed by atoms with Crippen molar-refractivity contribution in [2.75, 3.05) is 12.8 Å². The Balaban J connectivity index is 2.16. The van der Waals surface area contributed by atoms with E-state index in [4.69, 9.17) is 5.73 Å². The van der Waals surface area contributed by atoms with Crippen LogP contribution in [0.15, 0.2) is 29.0 Å². The second-order valence-electron chi connectivity index (χ2n) is 4.42. The molecule has 0 saturated carbocycles. The van der Waals surface area contributed by atoms with Gasteiger partial charge in [-0.3, -0.25) is 4.79 Å². The van der Waals surface area contributed by atoms with Gasteiger partial charge in [0.2, 0.25) is 0 Å². The van der Waals surface area contributed by atoms with E-state index in [1.165, 1.54) is 0 Å². The molecule has 2 N–H and O–H groups in total. The topological polar surface area (TPSA) is 59.2 Å². The van der Waals surface area contributed by atoms with Gasteiger partial charge < -0.3 is 10.6 Å². The quantitative estimate of drug-likeness (QED) is 0.933. The zero-order valence-electron chi connectivity index (χ0n) is 11.1. The van der Waals surface area contributed by atoms with Crippen LogP contribution in [0.2, 0.25) is 0 Å². The van der Waals surface area contributed by atoms with Crippen molar-refractivity contribution in [3.05, 3.63) is 45.8 Å². The summed E-state index contributed by atoms with van der Waals surface area (Å²) in [6.45, 7) is 2.59. The zero-order valence-corrected chi connectivity index (χ0v) is 11.9.